The van der Waals surface area contributed by atoms with Crippen LogP contribution >= 0.6 is 0 Å². The highest BCUT2D eigenvalue weighted by Gasteiger charge is 2.44. The summed E-state index contributed by atoms with van der Waals surface area (Å²) in [7, 11) is 0. The molecule has 2 heteroatoms. The molecule has 2 heterocycles. The Bertz CT molecular complexity index is 179. The van der Waals surface area contributed by atoms with Gasteiger partial charge in [0.15, 0.2) is 0 Å². The number of piperidine rings is 1. The van der Waals surface area contributed by atoms with Crippen molar-refractivity contribution in [2.75, 3.05) is 19.6 Å². The third-order valence-corrected chi connectivity index (χ3v) is 3.75. The monoisotopic (exact) mass is 182 g/mol. The van der Waals surface area contributed by atoms with Crippen LogP contribution in [0, 0.1) is 0 Å². The molecule has 2 nitrogen and oxygen atoms in total. The highest BCUT2D eigenvalue weighted by atomic mass is 15.4. The molecule has 0 N–H and O–H groups in total. The largest absolute Gasteiger partial charge is 0.298 e. The second kappa shape index (κ2) is 3.58. The van der Waals surface area contributed by atoms with Crippen LogP contribution in [0.2, 0.25) is 0 Å². The SMILES string of the molecule is CCN1CCCC2C1CN2C(C)C. The molecular formula is C11H22N2. The number of hydrogen-bond donors (Lipinski definition) is 0. The molecule has 2 fully saturated rings. The van der Waals surface area contributed by atoms with Gasteiger partial charge in [-0.05, 0) is 39.8 Å². The molecule has 2 rings (SSSR count). The average molecular weight is 182 g/mol. The van der Waals surface area contributed by atoms with Crippen LogP contribution in [0.15, 0.2) is 0 Å². The van der Waals surface area contributed by atoms with Gasteiger partial charge in [0.2, 0.25) is 0 Å². The summed E-state index contributed by atoms with van der Waals surface area (Å²) in [4.78, 5) is 5.32. The third kappa shape index (κ3) is 1.50. The van der Waals surface area contributed by atoms with Crippen molar-refractivity contribution in [3.63, 3.8) is 0 Å². The Hall–Kier alpha value is -0.0800. The van der Waals surface area contributed by atoms with Crippen molar-refractivity contribution in [1.82, 2.24) is 9.80 Å². The van der Waals surface area contributed by atoms with Gasteiger partial charge in [0.25, 0.3) is 0 Å². The van der Waals surface area contributed by atoms with E-state index in [-0.39, 0.29) is 0 Å². The van der Waals surface area contributed by atoms with E-state index in [9.17, 15) is 0 Å². The molecular weight excluding hydrogens is 160 g/mol. The summed E-state index contributed by atoms with van der Waals surface area (Å²) < 4.78 is 0. The second-order valence-corrected chi connectivity index (χ2v) is 4.70. The standard InChI is InChI=1S/C11H22N2/c1-4-12-7-5-6-10-11(12)8-13(10)9(2)3/h9-11H,4-8H2,1-3H3. The number of hydrogen-bond acceptors (Lipinski definition) is 2. The van der Waals surface area contributed by atoms with Crippen LogP contribution in [0.5, 0.6) is 0 Å². The van der Waals surface area contributed by atoms with Gasteiger partial charge in [0.05, 0.1) is 0 Å². The first-order chi connectivity index (χ1) is 6.24. The molecule has 0 bridgehead atoms. The number of likely N-dealkylation sites (N-methyl/N-ethyl adjacent to an activating group) is 1. The molecule has 0 radical (unpaired) electrons. The lowest BCUT2D eigenvalue weighted by Crippen LogP contribution is -2.70. The van der Waals surface area contributed by atoms with E-state index in [1.807, 2.05) is 0 Å². The molecule has 2 aliphatic rings. The number of likely N-dealkylation sites (tertiary alicyclic amines) is 2. The molecule has 2 saturated heterocycles. The van der Waals surface area contributed by atoms with Crippen LogP contribution in [0.3, 0.4) is 0 Å². The molecule has 0 amide bonds. The summed E-state index contributed by atoms with van der Waals surface area (Å²) in [6.45, 7) is 10.8. The van der Waals surface area contributed by atoms with Crippen molar-refractivity contribution in [2.45, 2.75) is 51.7 Å². The predicted octanol–water partition coefficient (Wildman–Crippen LogP) is 1.56. The van der Waals surface area contributed by atoms with Gasteiger partial charge in [-0.25, -0.2) is 0 Å². The number of nitrogens with zero attached hydrogens (tertiary/aromatic N) is 2. The first-order valence-corrected chi connectivity index (χ1v) is 5.73. The predicted molar refractivity (Wildman–Crippen MR) is 55.9 cm³/mol. The Labute approximate surface area is 81.9 Å². The molecule has 76 valence electrons. The van der Waals surface area contributed by atoms with Gasteiger partial charge >= 0.3 is 0 Å². The van der Waals surface area contributed by atoms with Crippen LogP contribution in [-0.4, -0.2) is 47.6 Å². The van der Waals surface area contributed by atoms with Crippen molar-refractivity contribution >= 4 is 0 Å². The van der Waals surface area contributed by atoms with E-state index in [1.54, 1.807) is 0 Å². The molecule has 0 aromatic carbocycles. The highest BCUT2D eigenvalue weighted by molar-refractivity contribution is 5.01. The van der Waals surface area contributed by atoms with Crippen molar-refractivity contribution in [3.8, 4) is 0 Å². The Morgan fingerprint density at radius 1 is 1.31 bits per heavy atom. The zero-order valence-corrected chi connectivity index (χ0v) is 9.16. The van der Waals surface area contributed by atoms with E-state index in [4.69, 9.17) is 0 Å². The van der Waals surface area contributed by atoms with Crippen molar-refractivity contribution < 1.29 is 0 Å². The fourth-order valence-corrected chi connectivity index (χ4v) is 2.93. The van der Waals surface area contributed by atoms with E-state index in [0.717, 1.165) is 18.1 Å². The maximum absolute atomic E-state index is 2.66. The fraction of sp³-hybridized carbons (Fsp3) is 1.00. The zero-order valence-electron chi connectivity index (χ0n) is 9.16. The molecule has 0 spiro atoms. The van der Waals surface area contributed by atoms with Gasteiger partial charge in [-0.15, -0.1) is 0 Å². The fourth-order valence-electron chi connectivity index (χ4n) is 2.93. The Morgan fingerprint density at radius 3 is 2.69 bits per heavy atom. The van der Waals surface area contributed by atoms with Crippen LogP contribution in [0.4, 0.5) is 0 Å². The van der Waals surface area contributed by atoms with Crippen molar-refractivity contribution in [1.29, 1.82) is 0 Å². The molecule has 2 aliphatic heterocycles. The summed E-state index contributed by atoms with van der Waals surface area (Å²) in [5, 5.41) is 0. The molecule has 2 unspecified atom stereocenters. The van der Waals surface area contributed by atoms with Gasteiger partial charge in [-0.1, -0.05) is 6.92 Å². The minimum Gasteiger partial charge on any atom is -0.298 e. The summed E-state index contributed by atoms with van der Waals surface area (Å²) in [6, 6.07) is 2.52. The third-order valence-electron chi connectivity index (χ3n) is 3.75. The van der Waals surface area contributed by atoms with Gasteiger partial charge in [0, 0.05) is 24.7 Å². The van der Waals surface area contributed by atoms with E-state index in [0.29, 0.717) is 0 Å². The summed E-state index contributed by atoms with van der Waals surface area (Å²) in [5.41, 5.74) is 0. The Morgan fingerprint density at radius 2 is 2.08 bits per heavy atom. The first kappa shape index (κ1) is 9.47. The molecule has 0 aliphatic carbocycles. The number of fused-ring (bicyclic) bond motifs is 1. The van der Waals surface area contributed by atoms with Crippen molar-refractivity contribution in [3.05, 3.63) is 0 Å². The van der Waals surface area contributed by atoms with Crippen LogP contribution in [0.25, 0.3) is 0 Å². The lowest BCUT2D eigenvalue weighted by molar-refractivity contribution is -0.0727. The van der Waals surface area contributed by atoms with E-state index < -0.39 is 0 Å². The maximum Gasteiger partial charge on any atom is 0.0379 e. The first-order valence-electron chi connectivity index (χ1n) is 5.73. The summed E-state index contributed by atoms with van der Waals surface area (Å²) in [6.07, 6.45) is 2.83. The van der Waals surface area contributed by atoms with Crippen LogP contribution in [0.1, 0.15) is 33.6 Å². The highest BCUT2D eigenvalue weighted by Crippen LogP contribution is 2.32. The van der Waals surface area contributed by atoms with Gasteiger partial charge in [0.1, 0.15) is 0 Å². The normalized spacial score (nSPS) is 36.0. The maximum atomic E-state index is 2.66. The minimum atomic E-state index is 0.748. The quantitative estimate of drug-likeness (QED) is 0.639. The molecule has 0 aromatic heterocycles. The smallest absolute Gasteiger partial charge is 0.0379 e. The molecule has 0 saturated carbocycles. The summed E-state index contributed by atoms with van der Waals surface area (Å²) >= 11 is 0. The molecule has 13 heavy (non-hydrogen) atoms. The van der Waals surface area contributed by atoms with E-state index >= 15 is 0 Å². The lowest BCUT2D eigenvalue weighted by atomic mass is 9.85. The Kier molecular flexibility index (Phi) is 2.61. The number of rotatable bonds is 2. The second-order valence-electron chi connectivity index (χ2n) is 4.70. The van der Waals surface area contributed by atoms with E-state index in [1.165, 1.54) is 32.5 Å². The van der Waals surface area contributed by atoms with Crippen molar-refractivity contribution in [2.24, 2.45) is 0 Å². The van der Waals surface area contributed by atoms with Crippen LogP contribution < -0.4 is 0 Å². The molecule has 2 atom stereocenters. The molecule has 0 aromatic rings. The van der Waals surface area contributed by atoms with Gasteiger partial charge < -0.3 is 0 Å². The van der Waals surface area contributed by atoms with Gasteiger partial charge in [-0.3, -0.25) is 9.80 Å². The topological polar surface area (TPSA) is 6.48 Å². The lowest BCUT2D eigenvalue weighted by Gasteiger charge is -2.57. The van der Waals surface area contributed by atoms with Crippen LogP contribution in [-0.2, 0) is 0 Å². The Balaban J connectivity index is 1.95. The zero-order chi connectivity index (χ0) is 9.42. The van der Waals surface area contributed by atoms with Gasteiger partial charge in [-0.2, -0.15) is 0 Å². The minimum absolute atomic E-state index is 0.748. The average Bonchev–Trinajstić information content (AvgIpc) is 2.05. The summed E-state index contributed by atoms with van der Waals surface area (Å²) in [5.74, 6) is 0. The van der Waals surface area contributed by atoms with E-state index in [2.05, 4.69) is 30.6 Å².